The summed E-state index contributed by atoms with van der Waals surface area (Å²) in [6.07, 6.45) is 0. The van der Waals surface area contributed by atoms with Gasteiger partial charge in [0.1, 0.15) is 5.82 Å². The molecule has 0 radical (unpaired) electrons. The standard InChI is InChI=1S/C39H28FN4.CN.Pt/c1-41-26-42(36-20-9-8-19-35(36)41)31-17-12-18-32(25-31)43-27-44(38-22-11-10-21-37(38)43)39-33(28-13-4-2-5-14-28)23-30(40)24-34(39)29-15-6-3-7-16-29;1-2;/h2-24,26-27H,1H3;;/q-3;-1;+4. The normalized spacial score (nSPS) is 12.9. The van der Waals surface area contributed by atoms with Crippen molar-refractivity contribution in [1.82, 2.24) is 0 Å². The number of para-hydroxylation sites is 4. The molecule has 0 bridgehead atoms. The first-order valence-corrected chi connectivity index (χ1v) is 14.8. The van der Waals surface area contributed by atoms with Crippen LogP contribution in [-0.4, -0.2) is 7.05 Å². The van der Waals surface area contributed by atoms with Crippen LogP contribution in [0.5, 0.6) is 0 Å². The Morgan fingerprint density at radius 2 is 0.979 bits per heavy atom. The van der Waals surface area contributed by atoms with Crippen LogP contribution in [0.25, 0.3) is 22.3 Å². The second kappa shape index (κ2) is 13.5. The maximum Gasteiger partial charge on any atom is 4.00 e. The van der Waals surface area contributed by atoms with E-state index in [1.54, 1.807) is 12.1 Å². The van der Waals surface area contributed by atoms with Gasteiger partial charge in [0.05, 0.1) is 0 Å². The molecule has 5 nitrogen and oxygen atoms in total. The van der Waals surface area contributed by atoms with Crippen molar-refractivity contribution in [2.45, 2.75) is 0 Å². The van der Waals surface area contributed by atoms with E-state index in [4.69, 9.17) is 11.8 Å². The molecule has 0 unspecified atom stereocenters. The van der Waals surface area contributed by atoms with Crippen molar-refractivity contribution in [2.75, 3.05) is 26.6 Å². The summed E-state index contributed by atoms with van der Waals surface area (Å²) in [6.45, 7) is 8.94. The number of anilines is 7. The fraction of sp³-hybridized carbons (Fsp3) is 0.0250. The van der Waals surface area contributed by atoms with Gasteiger partial charge in [0.2, 0.25) is 0 Å². The number of halogens is 1. The van der Waals surface area contributed by atoms with Gasteiger partial charge in [-0.15, -0.1) is 36.2 Å². The maximum atomic E-state index is 15.4. The van der Waals surface area contributed by atoms with Gasteiger partial charge in [0, 0.05) is 39.6 Å². The third-order valence-corrected chi connectivity index (χ3v) is 8.21. The Morgan fingerprint density at radius 1 is 0.553 bits per heavy atom. The molecular weight excluding hydrogens is 765 g/mol. The van der Waals surface area contributed by atoms with Gasteiger partial charge in [-0.1, -0.05) is 84.9 Å². The van der Waals surface area contributed by atoms with Crippen molar-refractivity contribution in [1.29, 1.82) is 5.26 Å². The molecule has 0 aromatic heterocycles. The zero-order chi connectivity index (χ0) is 31.6. The van der Waals surface area contributed by atoms with Crippen LogP contribution in [0.3, 0.4) is 0 Å². The van der Waals surface area contributed by atoms with E-state index < -0.39 is 0 Å². The molecule has 2 heterocycles. The van der Waals surface area contributed by atoms with Crippen molar-refractivity contribution in [3.8, 4) is 22.3 Å². The van der Waals surface area contributed by atoms with Gasteiger partial charge < -0.3 is 31.4 Å². The number of rotatable bonds is 5. The summed E-state index contributed by atoms with van der Waals surface area (Å²) in [4.78, 5) is 8.64. The van der Waals surface area contributed by atoms with E-state index in [1.807, 2.05) is 72.8 Å². The molecule has 0 aliphatic carbocycles. The van der Waals surface area contributed by atoms with E-state index in [2.05, 4.69) is 101 Å². The molecule has 7 heteroatoms. The van der Waals surface area contributed by atoms with Gasteiger partial charge in [-0.05, 0) is 54.6 Å². The molecular formula is C40H28FN5Pt. The van der Waals surface area contributed by atoms with E-state index in [-0.39, 0.29) is 26.9 Å². The van der Waals surface area contributed by atoms with Crippen molar-refractivity contribution >= 4 is 39.8 Å². The Morgan fingerprint density at radius 3 is 1.51 bits per heavy atom. The maximum absolute atomic E-state index is 15.4. The first-order chi connectivity index (χ1) is 22.7. The molecule has 6 aromatic rings. The van der Waals surface area contributed by atoms with Crippen molar-refractivity contribution in [2.24, 2.45) is 0 Å². The zero-order valence-electron chi connectivity index (χ0n) is 25.4. The Kier molecular flexibility index (Phi) is 9.11. The largest absolute Gasteiger partial charge is 4.00 e. The van der Waals surface area contributed by atoms with Gasteiger partial charge in [-0.3, -0.25) is 0 Å². The minimum absolute atomic E-state index is 0. The summed E-state index contributed by atoms with van der Waals surface area (Å²) >= 11 is 0. The SMILES string of the molecule is CN1[CH-]N(c2[c-]c(N3[CH-]N(c4c(-c5ccccc5)cc(F)cc4-c4ccccc4)c4ccccc43)ccc2)c2ccccc21.[C-]#N.[Pt+4]. The predicted molar refractivity (Wildman–Crippen MR) is 184 cm³/mol. The Bertz CT molecular complexity index is 1970. The van der Waals surface area contributed by atoms with Crippen molar-refractivity contribution in [3.05, 3.63) is 171 Å². The molecule has 47 heavy (non-hydrogen) atoms. The van der Waals surface area contributed by atoms with Crippen LogP contribution in [0, 0.1) is 37.1 Å². The van der Waals surface area contributed by atoms with Crippen LogP contribution in [-0.2, 0) is 21.1 Å². The molecule has 0 atom stereocenters. The van der Waals surface area contributed by atoms with Crippen LogP contribution in [0.4, 0.5) is 44.2 Å². The Balaban J connectivity index is 0.00000126. The van der Waals surface area contributed by atoms with Crippen LogP contribution >= 0.6 is 0 Å². The van der Waals surface area contributed by atoms with E-state index in [0.717, 1.165) is 62.1 Å². The number of fused-ring (bicyclic) bond motifs is 2. The van der Waals surface area contributed by atoms with Gasteiger partial charge in [0.15, 0.2) is 0 Å². The molecule has 0 amide bonds. The fourth-order valence-corrected chi connectivity index (χ4v) is 6.20. The summed E-state index contributed by atoms with van der Waals surface area (Å²) in [7, 11) is 2.06. The smallest absolute Gasteiger partial charge is 0.512 e. The monoisotopic (exact) mass is 792 g/mol. The quantitative estimate of drug-likeness (QED) is 0.163. The topological polar surface area (TPSA) is 36.8 Å². The van der Waals surface area contributed by atoms with Crippen LogP contribution in [0.1, 0.15) is 0 Å². The molecule has 6 aromatic carbocycles. The Labute approximate surface area is 289 Å². The number of hydrogen-bond donors (Lipinski definition) is 0. The molecule has 0 N–H and O–H groups in total. The zero-order valence-corrected chi connectivity index (χ0v) is 27.6. The van der Waals surface area contributed by atoms with Gasteiger partial charge in [-0.25, -0.2) is 4.39 Å². The average Bonchev–Trinajstić information content (AvgIpc) is 3.68. The Hall–Kier alpha value is -5.37. The summed E-state index contributed by atoms with van der Waals surface area (Å²) in [5.41, 5.74) is 10.6. The second-order valence-corrected chi connectivity index (χ2v) is 10.9. The summed E-state index contributed by atoms with van der Waals surface area (Å²) in [5, 5.41) is 6.25. The predicted octanol–water partition coefficient (Wildman–Crippen LogP) is 10.2. The first-order valence-electron chi connectivity index (χ1n) is 14.8. The summed E-state index contributed by atoms with van der Waals surface area (Å²) in [6, 6.07) is 49.9. The van der Waals surface area contributed by atoms with E-state index in [1.165, 1.54) is 0 Å². The molecule has 0 saturated heterocycles. The average molecular weight is 793 g/mol. The van der Waals surface area contributed by atoms with Gasteiger partial charge in [-0.2, -0.15) is 12.7 Å². The molecule has 0 fully saturated rings. The fourth-order valence-electron chi connectivity index (χ4n) is 6.20. The second-order valence-electron chi connectivity index (χ2n) is 10.9. The molecule has 2 aliphatic heterocycles. The van der Waals surface area contributed by atoms with E-state index in [9.17, 15) is 0 Å². The van der Waals surface area contributed by atoms with Gasteiger partial charge >= 0.3 is 21.1 Å². The van der Waals surface area contributed by atoms with Crippen LogP contribution in [0.2, 0.25) is 0 Å². The minimum Gasteiger partial charge on any atom is -0.512 e. The van der Waals surface area contributed by atoms with E-state index >= 15 is 4.39 Å². The number of benzene rings is 6. The molecule has 230 valence electrons. The van der Waals surface area contributed by atoms with Crippen molar-refractivity contribution < 1.29 is 25.5 Å². The van der Waals surface area contributed by atoms with E-state index in [0.29, 0.717) is 0 Å². The third-order valence-electron chi connectivity index (χ3n) is 8.21. The van der Waals surface area contributed by atoms with Crippen LogP contribution in [0.15, 0.2) is 140 Å². The first kappa shape index (κ1) is 31.6. The minimum atomic E-state index is -0.274. The summed E-state index contributed by atoms with van der Waals surface area (Å²) < 4.78 is 15.4. The molecule has 2 aliphatic rings. The van der Waals surface area contributed by atoms with Crippen LogP contribution < -0.4 is 19.6 Å². The molecule has 0 saturated carbocycles. The molecule has 8 rings (SSSR count). The number of hydrogen-bond acceptors (Lipinski definition) is 5. The van der Waals surface area contributed by atoms with Gasteiger partial charge in [0.25, 0.3) is 0 Å². The third kappa shape index (κ3) is 5.76. The van der Waals surface area contributed by atoms with Crippen molar-refractivity contribution in [3.63, 3.8) is 0 Å². The summed E-state index contributed by atoms with van der Waals surface area (Å²) in [5.74, 6) is -0.274. The number of nitrogens with zero attached hydrogens (tertiary/aromatic N) is 5. The molecule has 0 spiro atoms.